The fourth-order valence-corrected chi connectivity index (χ4v) is 4.49. The monoisotopic (exact) mass is 411 g/mol. The van der Waals surface area contributed by atoms with Crippen molar-refractivity contribution in [3.05, 3.63) is 63.6 Å². The molecule has 1 N–H and O–H groups in total. The summed E-state index contributed by atoms with van der Waals surface area (Å²) < 4.78 is 5.16. The Labute approximate surface area is 164 Å². The van der Waals surface area contributed by atoms with Crippen molar-refractivity contribution in [1.82, 2.24) is 4.90 Å². The molecule has 8 heteroatoms. The zero-order chi connectivity index (χ0) is 18.8. The highest BCUT2D eigenvalue weighted by Gasteiger charge is 2.42. The Morgan fingerprint density at radius 1 is 1.19 bits per heavy atom. The molecule has 1 aliphatic heterocycles. The van der Waals surface area contributed by atoms with Gasteiger partial charge in [-0.3, -0.25) is 4.79 Å². The van der Waals surface area contributed by atoms with Gasteiger partial charge in [-0.05, 0) is 35.9 Å². The first-order chi connectivity index (χ1) is 12.4. The Hall–Kier alpha value is -1.89. The Bertz CT molecular complexity index is 861. The lowest BCUT2D eigenvalue weighted by Crippen LogP contribution is -2.43. The summed E-state index contributed by atoms with van der Waals surface area (Å²) in [7, 11) is 1.51. The first-order valence-corrected chi connectivity index (χ1v) is 9.49. The highest BCUT2D eigenvalue weighted by atomic mass is 35.5. The number of aliphatic carboxylic acids is 1. The van der Waals surface area contributed by atoms with E-state index in [0.29, 0.717) is 21.4 Å². The third-order valence-corrected chi connectivity index (χ3v) is 6.13. The molecule has 3 rings (SSSR count). The quantitative estimate of drug-likeness (QED) is 0.809. The first-order valence-electron chi connectivity index (χ1n) is 7.68. The first kappa shape index (κ1) is 18.9. The number of carbonyl (C=O) groups is 2. The Morgan fingerprint density at radius 3 is 2.62 bits per heavy atom. The number of methoxy groups -OCH3 is 1. The maximum atomic E-state index is 13.1. The molecule has 0 bridgehead atoms. The van der Waals surface area contributed by atoms with E-state index in [1.807, 2.05) is 0 Å². The summed E-state index contributed by atoms with van der Waals surface area (Å²) in [6.07, 6.45) is 0. The van der Waals surface area contributed by atoms with Crippen molar-refractivity contribution in [3.8, 4) is 5.75 Å². The molecule has 0 spiro atoms. The molecule has 0 radical (unpaired) electrons. The molecule has 1 amide bonds. The van der Waals surface area contributed by atoms with Crippen molar-refractivity contribution in [1.29, 1.82) is 0 Å². The number of ether oxygens (including phenoxy) is 1. The third kappa shape index (κ3) is 3.63. The van der Waals surface area contributed by atoms with Gasteiger partial charge in [0.2, 0.25) is 0 Å². The normalized spacial score (nSPS) is 19.4. The highest BCUT2D eigenvalue weighted by Crippen LogP contribution is 2.43. The lowest BCUT2D eigenvalue weighted by molar-refractivity contribution is -0.141. The van der Waals surface area contributed by atoms with Crippen molar-refractivity contribution in [2.45, 2.75) is 11.4 Å². The minimum atomic E-state index is -1.05. The van der Waals surface area contributed by atoms with E-state index in [2.05, 4.69) is 0 Å². The smallest absolute Gasteiger partial charge is 0.327 e. The number of rotatable bonds is 4. The minimum absolute atomic E-state index is 0.288. The van der Waals surface area contributed by atoms with Gasteiger partial charge >= 0.3 is 5.97 Å². The van der Waals surface area contributed by atoms with Gasteiger partial charge in [-0.15, -0.1) is 11.8 Å². The van der Waals surface area contributed by atoms with E-state index in [1.54, 1.807) is 42.5 Å². The van der Waals surface area contributed by atoms with Gasteiger partial charge in [0.05, 0.1) is 17.2 Å². The molecule has 136 valence electrons. The highest BCUT2D eigenvalue weighted by molar-refractivity contribution is 7.99. The molecule has 2 aromatic rings. The van der Waals surface area contributed by atoms with Crippen LogP contribution in [-0.2, 0) is 4.79 Å². The zero-order valence-electron chi connectivity index (χ0n) is 13.7. The maximum Gasteiger partial charge on any atom is 0.327 e. The second kappa shape index (κ2) is 7.78. The maximum absolute atomic E-state index is 13.1. The van der Waals surface area contributed by atoms with Gasteiger partial charge in [-0.2, -0.15) is 0 Å². The summed E-state index contributed by atoms with van der Waals surface area (Å²) >= 11 is 13.4. The molecule has 1 saturated heterocycles. The number of amides is 1. The summed E-state index contributed by atoms with van der Waals surface area (Å²) in [5, 5.41) is 9.86. The van der Waals surface area contributed by atoms with Crippen LogP contribution in [0.2, 0.25) is 10.0 Å². The molecule has 0 aromatic heterocycles. The molecule has 0 saturated carbocycles. The van der Waals surface area contributed by atoms with Gasteiger partial charge in [0.1, 0.15) is 17.2 Å². The Kier molecular flexibility index (Phi) is 5.65. The van der Waals surface area contributed by atoms with Crippen LogP contribution >= 0.6 is 35.0 Å². The van der Waals surface area contributed by atoms with Crippen molar-refractivity contribution < 1.29 is 19.4 Å². The van der Waals surface area contributed by atoms with E-state index < -0.39 is 17.4 Å². The Morgan fingerprint density at radius 2 is 1.96 bits per heavy atom. The van der Waals surface area contributed by atoms with Crippen molar-refractivity contribution in [2.75, 3.05) is 12.9 Å². The fraction of sp³-hybridized carbons (Fsp3) is 0.222. The number of nitrogens with zero attached hydrogens (tertiary/aromatic N) is 1. The lowest BCUT2D eigenvalue weighted by Gasteiger charge is -2.28. The molecule has 2 aromatic carbocycles. The predicted molar refractivity (Wildman–Crippen MR) is 102 cm³/mol. The number of hydrogen-bond donors (Lipinski definition) is 1. The van der Waals surface area contributed by atoms with E-state index in [1.165, 1.54) is 23.8 Å². The van der Waals surface area contributed by atoms with Crippen molar-refractivity contribution in [2.24, 2.45) is 0 Å². The number of hydrogen-bond acceptors (Lipinski definition) is 4. The van der Waals surface area contributed by atoms with Gasteiger partial charge in [0.15, 0.2) is 0 Å². The fourth-order valence-electron chi connectivity index (χ4n) is 2.77. The van der Waals surface area contributed by atoms with Gasteiger partial charge in [-0.1, -0.05) is 35.3 Å². The number of carboxylic acid groups (broad SMARTS) is 1. The molecule has 0 aliphatic carbocycles. The molecule has 1 heterocycles. The second-order valence-electron chi connectivity index (χ2n) is 5.66. The van der Waals surface area contributed by atoms with Gasteiger partial charge in [0.25, 0.3) is 5.91 Å². The average molecular weight is 412 g/mol. The topological polar surface area (TPSA) is 66.8 Å². The Balaban J connectivity index is 2.00. The van der Waals surface area contributed by atoms with Crippen molar-refractivity contribution >= 4 is 46.8 Å². The second-order valence-corrected chi connectivity index (χ2v) is 7.59. The summed E-state index contributed by atoms with van der Waals surface area (Å²) in [4.78, 5) is 26.2. The minimum Gasteiger partial charge on any atom is -0.497 e. The van der Waals surface area contributed by atoms with Crippen LogP contribution in [0.3, 0.4) is 0 Å². The van der Waals surface area contributed by atoms with Crippen LogP contribution in [0.5, 0.6) is 5.75 Å². The van der Waals surface area contributed by atoms with Crippen LogP contribution in [0.25, 0.3) is 0 Å². The number of carbonyl (C=O) groups excluding carboxylic acids is 1. The van der Waals surface area contributed by atoms with Crippen LogP contribution in [-0.4, -0.2) is 40.8 Å². The van der Waals surface area contributed by atoms with Crippen molar-refractivity contribution in [3.63, 3.8) is 0 Å². The molecule has 5 nitrogen and oxygen atoms in total. The average Bonchev–Trinajstić information content (AvgIpc) is 3.08. The van der Waals surface area contributed by atoms with E-state index in [9.17, 15) is 14.7 Å². The van der Waals surface area contributed by atoms with Crippen LogP contribution in [0, 0.1) is 0 Å². The molecule has 1 aliphatic rings. The zero-order valence-corrected chi connectivity index (χ0v) is 16.0. The molecule has 2 unspecified atom stereocenters. The number of halogens is 2. The van der Waals surface area contributed by atoms with Gasteiger partial charge in [-0.25, -0.2) is 4.79 Å². The summed E-state index contributed by atoms with van der Waals surface area (Å²) in [5.41, 5.74) is 1.09. The molecule has 26 heavy (non-hydrogen) atoms. The van der Waals surface area contributed by atoms with E-state index in [-0.39, 0.29) is 11.7 Å². The van der Waals surface area contributed by atoms with Crippen LogP contribution in [0.4, 0.5) is 0 Å². The van der Waals surface area contributed by atoms with Crippen LogP contribution < -0.4 is 4.74 Å². The van der Waals surface area contributed by atoms with E-state index in [0.717, 1.165) is 5.56 Å². The SMILES string of the molecule is COc1cccc(C(=O)N2C(C(=O)O)CSC2c2ccc(Cl)c(Cl)c2)c1. The van der Waals surface area contributed by atoms with Crippen LogP contribution in [0.15, 0.2) is 42.5 Å². The predicted octanol–water partition coefficient (Wildman–Crippen LogP) is 4.34. The molecule has 2 atom stereocenters. The number of benzene rings is 2. The van der Waals surface area contributed by atoms with Gasteiger partial charge in [0, 0.05) is 11.3 Å². The lowest BCUT2D eigenvalue weighted by atomic mass is 10.1. The van der Waals surface area contributed by atoms with Gasteiger partial charge < -0.3 is 14.7 Å². The third-order valence-electron chi connectivity index (χ3n) is 4.07. The molecular formula is C18H15Cl2NO4S. The van der Waals surface area contributed by atoms with E-state index >= 15 is 0 Å². The molecular weight excluding hydrogens is 397 g/mol. The largest absolute Gasteiger partial charge is 0.497 e. The summed E-state index contributed by atoms with van der Waals surface area (Å²) in [6, 6.07) is 10.8. The number of carboxylic acids is 1. The number of thioether (sulfide) groups is 1. The molecule has 1 fully saturated rings. The summed E-state index contributed by atoms with van der Waals surface area (Å²) in [5.74, 6) is -0.606. The summed E-state index contributed by atoms with van der Waals surface area (Å²) in [6.45, 7) is 0. The standard InChI is InChI=1S/C18H15Cl2NO4S/c1-25-12-4-2-3-10(7-12)16(22)21-15(18(23)24)9-26-17(21)11-5-6-13(19)14(20)8-11/h2-8,15,17H,9H2,1H3,(H,23,24). The van der Waals surface area contributed by atoms with E-state index in [4.69, 9.17) is 27.9 Å². The van der Waals surface area contributed by atoms with Crippen LogP contribution in [0.1, 0.15) is 21.3 Å².